The molecule has 0 unspecified atom stereocenters. The molecule has 1 N–H and O–H groups in total. The molecule has 0 rings (SSSR count). The van der Waals surface area contributed by atoms with E-state index in [9.17, 15) is 9.59 Å². The van der Waals surface area contributed by atoms with Crippen molar-refractivity contribution in [1.29, 1.82) is 0 Å². The van der Waals surface area contributed by atoms with Crippen LogP contribution in [0.3, 0.4) is 0 Å². The first-order valence-corrected chi connectivity index (χ1v) is 6.15. The zero-order chi connectivity index (χ0) is 13.7. The van der Waals surface area contributed by atoms with Gasteiger partial charge in [-0.3, -0.25) is 9.59 Å². The predicted octanol–water partition coefficient (Wildman–Crippen LogP) is 1.95. The van der Waals surface area contributed by atoms with Crippen LogP contribution in [0.15, 0.2) is 12.2 Å². The van der Waals surface area contributed by atoms with Crippen molar-refractivity contribution in [3.05, 3.63) is 12.2 Å². The second kappa shape index (κ2) is 12.9. The minimum Gasteiger partial charge on any atom is -0.380 e. The number of amides is 1. The highest BCUT2D eigenvalue weighted by molar-refractivity contribution is 5.98. The average molecular weight is 243 g/mol. The van der Waals surface area contributed by atoms with Gasteiger partial charge in [-0.05, 0) is 13.0 Å². The lowest BCUT2D eigenvalue weighted by Gasteiger charge is -2.02. The molecule has 0 saturated carbocycles. The second-order valence-corrected chi connectivity index (χ2v) is 3.38. The van der Waals surface area contributed by atoms with Crippen molar-refractivity contribution in [3.8, 4) is 0 Å². The zero-order valence-electron chi connectivity index (χ0n) is 11.6. The summed E-state index contributed by atoms with van der Waals surface area (Å²) in [6.07, 6.45) is 2.56. The first-order chi connectivity index (χ1) is 8.07. The molecular weight excluding hydrogens is 218 g/mol. The van der Waals surface area contributed by atoms with Gasteiger partial charge in [-0.15, -0.1) is 0 Å². The Morgan fingerprint density at radius 2 is 1.82 bits per heavy atom. The van der Waals surface area contributed by atoms with Crippen LogP contribution in [0.4, 0.5) is 0 Å². The Kier molecular flexibility index (Phi) is 13.8. The van der Waals surface area contributed by atoms with Crippen molar-refractivity contribution in [2.75, 3.05) is 19.8 Å². The summed E-state index contributed by atoms with van der Waals surface area (Å²) in [5, 5.41) is 2.61. The monoisotopic (exact) mass is 243 g/mol. The van der Waals surface area contributed by atoms with E-state index in [-0.39, 0.29) is 17.6 Å². The first-order valence-electron chi connectivity index (χ1n) is 6.15. The summed E-state index contributed by atoms with van der Waals surface area (Å²) in [6, 6.07) is 0. The SMILES string of the molecule is CC.CCOCCNC(=O)/C=C\C(=O)C(C)C. The van der Waals surface area contributed by atoms with Gasteiger partial charge in [0, 0.05) is 25.1 Å². The van der Waals surface area contributed by atoms with Crippen molar-refractivity contribution in [2.24, 2.45) is 5.92 Å². The van der Waals surface area contributed by atoms with Gasteiger partial charge in [-0.1, -0.05) is 27.7 Å². The second-order valence-electron chi connectivity index (χ2n) is 3.38. The third kappa shape index (κ3) is 12.8. The summed E-state index contributed by atoms with van der Waals surface area (Å²) in [6.45, 7) is 11.1. The van der Waals surface area contributed by atoms with Gasteiger partial charge in [-0.2, -0.15) is 0 Å². The standard InChI is InChI=1S/C11H19NO3.C2H6/c1-4-15-8-7-12-11(14)6-5-10(13)9(2)3;1-2/h5-6,9H,4,7-8H2,1-3H3,(H,12,14);1-2H3/b6-5-;. The molecule has 0 aromatic rings. The fourth-order valence-electron chi connectivity index (χ4n) is 0.800. The normalized spacial score (nSPS) is 10.0. The molecule has 0 radical (unpaired) electrons. The highest BCUT2D eigenvalue weighted by Crippen LogP contribution is 1.94. The number of hydrogen-bond acceptors (Lipinski definition) is 3. The molecule has 1 amide bonds. The van der Waals surface area contributed by atoms with Crippen molar-refractivity contribution in [3.63, 3.8) is 0 Å². The molecule has 0 heterocycles. The number of carbonyl (C=O) groups is 2. The largest absolute Gasteiger partial charge is 0.380 e. The Morgan fingerprint density at radius 1 is 1.24 bits per heavy atom. The van der Waals surface area contributed by atoms with E-state index < -0.39 is 0 Å². The van der Waals surface area contributed by atoms with Gasteiger partial charge in [-0.25, -0.2) is 0 Å². The quantitative estimate of drug-likeness (QED) is 0.549. The number of rotatable bonds is 7. The fraction of sp³-hybridized carbons (Fsp3) is 0.692. The Bertz CT molecular complexity index is 235. The Labute approximate surface area is 104 Å². The highest BCUT2D eigenvalue weighted by atomic mass is 16.5. The van der Waals surface area contributed by atoms with E-state index in [0.29, 0.717) is 19.8 Å². The minimum absolute atomic E-state index is 0.0463. The van der Waals surface area contributed by atoms with E-state index >= 15 is 0 Å². The molecule has 0 aromatic heterocycles. The van der Waals surface area contributed by atoms with Gasteiger partial charge in [0.1, 0.15) is 0 Å². The molecule has 0 saturated heterocycles. The maximum absolute atomic E-state index is 11.1. The average Bonchev–Trinajstić information content (AvgIpc) is 2.34. The van der Waals surface area contributed by atoms with Crippen LogP contribution < -0.4 is 5.32 Å². The van der Waals surface area contributed by atoms with E-state index in [4.69, 9.17) is 4.74 Å². The minimum atomic E-state index is -0.260. The molecule has 0 aliphatic carbocycles. The fourth-order valence-corrected chi connectivity index (χ4v) is 0.800. The Hall–Kier alpha value is -1.16. The third-order valence-corrected chi connectivity index (χ3v) is 1.72. The summed E-state index contributed by atoms with van der Waals surface area (Å²) in [5.74, 6) is -0.379. The number of ketones is 1. The third-order valence-electron chi connectivity index (χ3n) is 1.72. The number of allylic oxidation sites excluding steroid dienone is 1. The summed E-state index contributed by atoms with van der Waals surface area (Å²) in [4.78, 5) is 22.3. The molecule has 0 fully saturated rings. The van der Waals surface area contributed by atoms with E-state index in [1.54, 1.807) is 13.8 Å². The van der Waals surface area contributed by atoms with E-state index in [1.165, 1.54) is 12.2 Å². The molecule has 0 aliphatic rings. The van der Waals surface area contributed by atoms with Gasteiger partial charge in [0.05, 0.1) is 6.61 Å². The van der Waals surface area contributed by atoms with Crippen molar-refractivity contribution < 1.29 is 14.3 Å². The van der Waals surface area contributed by atoms with Gasteiger partial charge in [0.2, 0.25) is 5.91 Å². The van der Waals surface area contributed by atoms with Crippen LogP contribution in [-0.4, -0.2) is 31.4 Å². The molecular formula is C13H25NO3. The zero-order valence-corrected chi connectivity index (χ0v) is 11.6. The van der Waals surface area contributed by atoms with Gasteiger partial charge < -0.3 is 10.1 Å². The topological polar surface area (TPSA) is 55.4 Å². The molecule has 100 valence electrons. The summed E-state index contributed by atoms with van der Waals surface area (Å²) >= 11 is 0. The maximum atomic E-state index is 11.1. The lowest BCUT2D eigenvalue weighted by Crippen LogP contribution is -2.25. The molecule has 0 atom stereocenters. The lowest BCUT2D eigenvalue weighted by atomic mass is 10.1. The van der Waals surface area contributed by atoms with Crippen LogP contribution in [0.2, 0.25) is 0 Å². The first kappa shape index (κ1) is 18.2. The van der Waals surface area contributed by atoms with Gasteiger partial charge >= 0.3 is 0 Å². The van der Waals surface area contributed by atoms with Crippen molar-refractivity contribution in [2.45, 2.75) is 34.6 Å². The Morgan fingerprint density at radius 3 is 2.29 bits per heavy atom. The molecule has 0 spiro atoms. The summed E-state index contributed by atoms with van der Waals surface area (Å²) in [7, 11) is 0. The Balaban J connectivity index is 0. The summed E-state index contributed by atoms with van der Waals surface area (Å²) in [5.41, 5.74) is 0. The molecule has 4 heteroatoms. The van der Waals surface area contributed by atoms with Crippen LogP contribution in [0.25, 0.3) is 0 Å². The van der Waals surface area contributed by atoms with Crippen LogP contribution in [-0.2, 0) is 14.3 Å². The lowest BCUT2D eigenvalue weighted by molar-refractivity contribution is -0.119. The van der Waals surface area contributed by atoms with Crippen molar-refractivity contribution >= 4 is 11.7 Å². The van der Waals surface area contributed by atoms with E-state index in [2.05, 4.69) is 5.32 Å². The van der Waals surface area contributed by atoms with E-state index in [1.807, 2.05) is 20.8 Å². The maximum Gasteiger partial charge on any atom is 0.244 e. The van der Waals surface area contributed by atoms with E-state index in [0.717, 1.165) is 0 Å². The molecule has 0 bridgehead atoms. The number of nitrogens with one attached hydrogen (secondary N) is 1. The highest BCUT2D eigenvalue weighted by Gasteiger charge is 2.02. The molecule has 0 aliphatic heterocycles. The molecule has 4 nitrogen and oxygen atoms in total. The van der Waals surface area contributed by atoms with Crippen LogP contribution in [0.1, 0.15) is 34.6 Å². The number of ether oxygens (including phenoxy) is 1. The van der Waals surface area contributed by atoms with Crippen LogP contribution in [0.5, 0.6) is 0 Å². The molecule has 0 aromatic carbocycles. The van der Waals surface area contributed by atoms with Gasteiger partial charge in [0.25, 0.3) is 0 Å². The smallest absolute Gasteiger partial charge is 0.244 e. The predicted molar refractivity (Wildman–Crippen MR) is 69.8 cm³/mol. The van der Waals surface area contributed by atoms with Gasteiger partial charge in [0.15, 0.2) is 5.78 Å². The van der Waals surface area contributed by atoms with Crippen LogP contribution in [0, 0.1) is 5.92 Å². The molecule has 17 heavy (non-hydrogen) atoms. The number of carbonyl (C=O) groups excluding carboxylic acids is 2. The number of hydrogen-bond donors (Lipinski definition) is 1. The van der Waals surface area contributed by atoms with Crippen molar-refractivity contribution in [1.82, 2.24) is 5.32 Å². The van der Waals surface area contributed by atoms with Crippen LogP contribution >= 0.6 is 0 Å². The summed E-state index contributed by atoms with van der Waals surface area (Å²) < 4.78 is 5.04.